The monoisotopic (exact) mass is 878 g/mol. The van der Waals surface area contributed by atoms with Gasteiger partial charge in [0.15, 0.2) is 56.2 Å². The summed E-state index contributed by atoms with van der Waals surface area (Å²) >= 11 is 12.3. The molecule has 0 radical (unpaired) electrons. The lowest BCUT2D eigenvalue weighted by molar-refractivity contribution is 0.295. The summed E-state index contributed by atoms with van der Waals surface area (Å²) in [6.45, 7) is 1.42. The molecule has 12 nitrogen and oxygen atoms in total. The van der Waals surface area contributed by atoms with Gasteiger partial charge in [-0.05, 0) is 156 Å². The van der Waals surface area contributed by atoms with Crippen molar-refractivity contribution in [3.8, 4) is 46.0 Å². The molecule has 7 rings (SSSR count). The van der Waals surface area contributed by atoms with Crippen LogP contribution < -0.4 is 48.5 Å². The zero-order valence-corrected chi connectivity index (χ0v) is 38.1. The van der Waals surface area contributed by atoms with E-state index in [-0.39, 0.29) is 12.1 Å². The van der Waals surface area contributed by atoms with Crippen molar-refractivity contribution in [2.45, 2.75) is 37.8 Å². The Bertz CT molecular complexity index is 2250. The molecule has 5 aromatic carbocycles. The van der Waals surface area contributed by atoms with Crippen LogP contribution in [0, 0.1) is 0 Å². The van der Waals surface area contributed by atoms with Crippen LogP contribution in [0.4, 0.5) is 11.4 Å². The zero-order chi connectivity index (χ0) is 43.9. The molecular weight excluding hydrogens is 825 g/mol. The van der Waals surface area contributed by atoms with Gasteiger partial charge in [-0.1, -0.05) is 12.1 Å². The summed E-state index contributed by atoms with van der Waals surface area (Å²) in [6.07, 6.45) is 2.90. The Kier molecular flexibility index (Phi) is 14.0. The highest BCUT2D eigenvalue weighted by Gasteiger charge is 2.33. The molecule has 0 bridgehead atoms. The highest BCUT2D eigenvalue weighted by Crippen LogP contribution is 2.43. The highest BCUT2D eigenvalue weighted by molar-refractivity contribution is 7.80. The summed E-state index contributed by atoms with van der Waals surface area (Å²) in [4.78, 5) is 4.50. The lowest BCUT2D eigenvalue weighted by atomic mass is 9.88. The molecule has 62 heavy (non-hydrogen) atoms. The molecule has 326 valence electrons. The fourth-order valence-electron chi connectivity index (χ4n) is 8.47. The summed E-state index contributed by atoms with van der Waals surface area (Å²) in [6, 6.07) is 28.2. The van der Waals surface area contributed by atoms with Gasteiger partial charge in [-0.3, -0.25) is 0 Å². The predicted octanol–water partition coefficient (Wildman–Crippen LogP) is 8.83. The lowest BCUT2D eigenvalue weighted by Crippen LogP contribution is -2.43. The minimum atomic E-state index is -0.0994. The van der Waals surface area contributed by atoms with Crippen LogP contribution in [0.25, 0.3) is 0 Å². The molecule has 2 atom stereocenters. The lowest BCUT2D eigenvalue weighted by Gasteiger charge is -2.40. The molecule has 2 aliphatic heterocycles. The van der Waals surface area contributed by atoms with Crippen LogP contribution in [0.5, 0.6) is 46.0 Å². The van der Waals surface area contributed by atoms with Gasteiger partial charge in [-0.15, -0.1) is 0 Å². The van der Waals surface area contributed by atoms with Crippen LogP contribution in [-0.2, 0) is 25.7 Å². The molecule has 0 aliphatic carbocycles. The summed E-state index contributed by atoms with van der Waals surface area (Å²) in [5.41, 5.74) is 8.52. The molecule has 14 heteroatoms. The molecule has 0 fully saturated rings. The molecule has 2 N–H and O–H groups in total. The molecule has 0 spiro atoms. The molecule has 0 aromatic heterocycles. The van der Waals surface area contributed by atoms with E-state index >= 15 is 0 Å². The SMILES string of the molecule is COc1ccc(CC2c3cc(OC)c(OC)cc3CCN2C(=S)Nc2ccc(NC(=S)N3CCc4cc(OC)c(OC)cc4C3Cc3ccc(OC)c(OC)c3)cc2)cc1OC. The maximum absolute atomic E-state index is 6.17. The van der Waals surface area contributed by atoms with Crippen LogP contribution >= 0.6 is 24.4 Å². The molecule has 0 saturated carbocycles. The van der Waals surface area contributed by atoms with Gasteiger partial charge in [0.25, 0.3) is 0 Å². The van der Waals surface area contributed by atoms with Crippen LogP contribution in [0.15, 0.2) is 84.9 Å². The Hall–Kier alpha value is -6.12. The smallest absolute Gasteiger partial charge is 0.173 e. The molecular formula is C48H54N4O8S2. The zero-order valence-electron chi connectivity index (χ0n) is 36.5. The summed E-state index contributed by atoms with van der Waals surface area (Å²) in [7, 11) is 13.2. The van der Waals surface area contributed by atoms with Gasteiger partial charge in [0, 0.05) is 24.5 Å². The largest absolute Gasteiger partial charge is 0.493 e. The van der Waals surface area contributed by atoms with E-state index in [1.54, 1.807) is 56.9 Å². The molecule has 2 aliphatic rings. The first kappa shape index (κ1) is 44.0. The maximum Gasteiger partial charge on any atom is 0.173 e. The number of hydrogen-bond donors (Lipinski definition) is 2. The summed E-state index contributed by atoms with van der Waals surface area (Å²) < 4.78 is 45.2. The number of nitrogens with zero attached hydrogens (tertiary/aromatic N) is 2. The Morgan fingerprint density at radius 3 is 1.11 bits per heavy atom. The number of methoxy groups -OCH3 is 8. The average Bonchev–Trinajstić information content (AvgIpc) is 3.31. The Morgan fingerprint density at radius 1 is 0.452 bits per heavy atom. The third kappa shape index (κ3) is 9.21. The van der Waals surface area contributed by atoms with E-state index in [1.165, 1.54) is 11.1 Å². The average molecular weight is 879 g/mol. The second-order valence-corrected chi connectivity index (χ2v) is 15.7. The van der Waals surface area contributed by atoms with Gasteiger partial charge >= 0.3 is 0 Å². The van der Waals surface area contributed by atoms with Crippen molar-refractivity contribution in [1.82, 2.24) is 9.80 Å². The van der Waals surface area contributed by atoms with Crippen molar-refractivity contribution >= 4 is 46.0 Å². The van der Waals surface area contributed by atoms with Crippen molar-refractivity contribution in [3.05, 3.63) is 118 Å². The van der Waals surface area contributed by atoms with Crippen LogP contribution in [0.2, 0.25) is 0 Å². The Morgan fingerprint density at radius 2 is 0.774 bits per heavy atom. The van der Waals surface area contributed by atoms with E-state index < -0.39 is 0 Å². The van der Waals surface area contributed by atoms with Crippen molar-refractivity contribution in [1.29, 1.82) is 0 Å². The van der Waals surface area contributed by atoms with E-state index in [4.69, 9.17) is 62.3 Å². The van der Waals surface area contributed by atoms with E-state index in [1.807, 2.05) is 48.5 Å². The maximum atomic E-state index is 6.17. The minimum Gasteiger partial charge on any atom is -0.493 e. The number of hydrogen-bond acceptors (Lipinski definition) is 10. The molecule has 0 amide bonds. The van der Waals surface area contributed by atoms with Crippen LogP contribution in [0.3, 0.4) is 0 Å². The first-order valence-corrected chi connectivity index (χ1v) is 21.1. The van der Waals surface area contributed by atoms with Crippen molar-refractivity contribution in [3.63, 3.8) is 0 Å². The van der Waals surface area contributed by atoms with Crippen molar-refractivity contribution in [2.24, 2.45) is 0 Å². The van der Waals surface area contributed by atoms with Gasteiger partial charge in [-0.25, -0.2) is 0 Å². The Balaban J connectivity index is 1.10. The topological polar surface area (TPSA) is 104 Å². The van der Waals surface area contributed by atoms with E-state index in [9.17, 15) is 0 Å². The third-order valence-electron chi connectivity index (χ3n) is 11.7. The van der Waals surface area contributed by atoms with Gasteiger partial charge in [0.2, 0.25) is 0 Å². The second kappa shape index (κ2) is 19.7. The number of ether oxygens (including phenoxy) is 8. The van der Waals surface area contributed by atoms with E-state index in [2.05, 4.69) is 56.8 Å². The number of thiocarbonyl (C=S) groups is 2. The van der Waals surface area contributed by atoms with Gasteiger partial charge < -0.3 is 58.3 Å². The Labute approximate surface area is 374 Å². The van der Waals surface area contributed by atoms with E-state index in [0.29, 0.717) is 82.2 Å². The normalized spacial score (nSPS) is 15.4. The number of rotatable bonds is 14. The first-order chi connectivity index (χ1) is 30.1. The fraction of sp³-hybridized carbons (Fsp3) is 0.333. The quantitative estimate of drug-likeness (QED) is 0.104. The van der Waals surface area contributed by atoms with Crippen molar-refractivity contribution < 1.29 is 37.9 Å². The molecule has 0 saturated heterocycles. The van der Waals surface area contributed by atoms with E-state index in [0.717, 1.165) is 46.5 Å². The number of anilines is 2. The third-order valence-corrected chi connectivity index (χ3v) is 12.3. The van der Waals surface area contributed by atoms with Crippen molar-refractivity contribution in [2.75, 3.05) is 80.6 Å². The van der Waals surface area contributed by atoms with Gasteiger partial charge in [-0.2, -0.15) is 0 Å². The number of fused-ring (bicyclic) bond motifs is 2. The molecule has 2 unspecified atom stereocenters. The number of nitrogens with one attached hydrogen (secondary N) is 2. The summed E-state index contributed by atoms with van der Waals surface area (Å²) in [5.74, 6) is 5.46. The minimum absolute atomic E-state index is 0.0994. The predicted molar refractivity (Wildman–Crippen MR) is 251 cm³/mol. The number of benzene rings is 5. The van der Waals surface area contributed by atoms with Gasteiger partial charge in [0.05, 0.1) is 69.0 Å². The summed E-state index contributed by atoms with van der Waals surface area (Å²) in [5, 5.41) is 8.27. The molecule has 2 heterocycles. The first-order valence-electron chi connectivity index (χ1n) is 20.3. The van der Waals surface area contributed by atoms with Crippen LogP contribution in [0.1, 0.15) is 45.5 Å². The van der Waals surface area contributed by atoms with Crippen LogP contribution in [-0.4, -0.2) is 90.0 Å². The van der Waals surface area contributed by atoms with Gasteiger partial charge in [0.1, 0.15) is 0 Å². The second-order valence-electron chi connectivity index (χ2n) is 15.0. The highest BCUT2D eigenvalue weighted by atomic mass is 32.1. The molecule has 5 aromatic rings. The standard InChI is InChI=1S/C48H54N4O8S2/c1-53-39-15-9-29(23-41(39)55-3)21-37-35-27-45(59-7)43(57-5)25-31(35)17-19-51(37)47(61)49-33-11-13-34(14-12-33)50-48(62)52-20-18-32-26-44(58-6)46(60-8)28-36(32)38(52)22-30-10-16-40(54-2)42(24-30)56-4/h9-16,23-28,37-38H,17-22H2,1-8H3,(H,49,61)(H,50,62). The fourth-order valence-corrected chi connectivity index (χ4v) is 9.14.